The summed E-state index contributed by atoms with van der Waals surface area (Å²) in [6.07, 6.45) is 2.06. The molecule has 3 heteroatoms. The van der Waals surface area contributed by atoms with Gasteiger partial charge in [-0.2, -0.15) is 0 Å². The van der Waals surface area contributed by atoms with E-state index in [-0.39, 0.29) is 0 Å². The monoisotopic (exact) mass is 163 g/mol. The predicted octanol–water partition coefficient (Wildman–Crippen LogP) is 0.755. The Morgan fingerprint density at radius 3 is 2.60 bits per heavy atom. The van der Waals surface area contributed by atoms with E-state index < -0.39 is 10.8 Å². The van der Waals surface area contributed by atoms with Crippen LogP contribution in [0.25, 0.3) is 0 Å². The molecule has 0 amide bonds. The van der Waals surface area contributed by atoms with Crippen LogP contribution in [0.15, 0.2) is 0 Å². The molecule has 0 aromatic carbocycles. The highest BCUT2D eigenvalue weighted by Crippen LogP contribution is 1.89. The zero-order valence-electron chi connectivity index (χ0n) is 6.85. The van der Waals surface area contributed by atoms with Crippen molar-refractivity contribution in [1.29, 1.82) is 0 Å². The highest BCUT2D eigenvalue weighted by atomic mass is 32.2. The van der Waals surface area contributed by atoms with E-state index in [4.69, 9.17) is 0 Å². The lowest BCUT2D eigenvalue weighted by molar-refractivity contribution is 0.676. The summed E-state index contributed by atoms with van der Waals surface area (Å²) < 4.78 is 11.0. The van der Waals surface area contributed by atoms with Crippen molar-refractivity contribution in [1.82, 2.24) is 5.32 Å². The van der Waals surface area contributed by atoms with Gasteiger partial charge in [-0.15, -0.1) is 0 Å². The maximum Gasteiger partial charge on any atom is 0.0246 e. The van der Waals surface area contributed by atoms with E-state index in [9.17, 15) is 4.21 Å². The summed E-state index contributed by atoms with van der Waals surface area (Å²) in [7, 11) is 1.36. The lowest BCUT2D eigenvalue weighted by Crippen LogP contribution is -2.12. The molecule has 1 N–H and O–H groups in total. The van der Waals surface area contributed by atoms with Crippen molar-refractivity contribution in [3.63, 3.8) is 0 Å². The molecule has 62 valence electrons. The zero-order chi connectivity index (χ0) is 7.82. The summed E-state index contributed by atoms with van der Waals surface area (Å²) in [5.41, 5.74) is 0. The fraction of sp³-hybridized carbons (Fsp3) is 1.00. The molecule has 2 nitrogen and oxygen atoms in total. The minimum atomic E-state index is -0.562. The summed E-state index contributed by atoms with van der Waals surface area (Å²) in [6, 6.07) is 0. The van der Waals surface area contributed by atoms with E-state index in [0.29, 0.717) is 0 Å². The lowest BCUT2D eigenvalue weighted by Gasteiger charge is -1.98. The second-order valence-electron chi connectivity index (χ2n) is 2.31. The van der Waals surface area contributed by atoms with Gasteiger partial charge in [0.25, 0.3) is 0 Å². The molecule has 0 heterocycles. The summed E-state index contributed by atoms with van der Waals surface area (Å²) in [6.45, 7) is 3.05. The van der Waals surface area contributed by atoms with Crippen LogP contribution in [0.2, 0.25) is 0 Å². The van der Waals surface area contributed by atoms with Crippen LogP contribution in [0, 0.1) is 0 Å². The molecule has 0 fully saturated rings. The molecule has 0 spiro atoms. The van der Waals surface area contributed by atoms with Crippen LogP contribution in [-0.2, 0) is 10.8 Å². The van der Waals surface area contributed by atoms with Gasteiger partial charge < -0.3 is 5.32 Å². The first kappa shape index (κ1) is 10.1. The van der Waals surface area contributed by atoms with Gasteiger partial charge in [-0.25, -0.2) is 0 Å². The Morgan fingerprint density at radius 2 is 2.10 bits per heavy atom. The highest BCUT2D eigenvalue weighted by Gasteiger charge is 1.95. The fourth-order valence-corrected chi connectivity index (χ4v) is 1.87. The minimum Gasteiger partial charge on any atom is -0.320 e. The molecule has 0 bridgehead atoms. The Bertz CT molecular complexity index is 95.6. The number of rotatable bonds is 6. The van der Waals surface area contributed by atoms with Gasteiger partial charge in [-0.1, -0.05) is 6.92 Å². The molecule has 10 heavy (non-hydrogen) atoms. The van der Waals surface area contributed by atoms with Crippen molar-refractivity contribution in [2.75, 3.05) is 25.1 Å². The third-order valence-corrected chi connectivity index (χ3v) is 2.84. The van der Waals surface area contributed by atoms with Gasteiger partial charge in [0.1, 0.15) is 0 Å². The summed E-state index contributed by atoms with van der Waals surface area (Å²) in [5.74, 6) is 1.72. The summed E-state index contributed by atoms with van der Waals surface area (Å²) in [5, 5.41) is 3.03. The van der Waals surface area contributed by atoms with Crippen molar-refractivity contribution >= 4 is 10.8 Å². The van der Waals surface area contributed by atoms with Crippen molar-refractivity contribution < 1.29 is 4.21 Å². The predicted molar refractivity (Wildman–Crippen MR) is 46.7 cm³/mol. The van der Waals surface area contributed by atoms with Crippen molar-refractivity contribution in [2.24, 2.45) is 0 Å². The molecule has 0 aliphatic heterocycles. The van der Waals surface area contributed by atoms with Crippen LogP contribution < -0.4 is 5.32 Å². The van der Waals surface area contributed by atoms with Crippen molar-refractivity contribution in [2.45, 2.75) is 19.8 Å². The largest absolute Gasteiger partial charge is 0.320 e. The second kappa shape index (κ2) is 7.22. The van der Waals surface area contributed by atoms with Crippen LogP contribution >= 0.6 is 0 Å². The molecule has 0 aliphatic rings. The lowest BCUT2D eigenvalue weighted by atomic mass is 10.5. The molecule has 1 atom stereocenters. The first-order chi connectivity index (χ1) is 4.81. The van der Waals surface area contributed by atoms with Gasteiger partial charge in [-0.3, -0.25) is 4.21 Å². The Labute approximate surface area is 65.9 Å². The maximum atomic E-state index is 11.0. The van der Waals surface area contributed by atoms with Crippen LogP contribution in [-0.4, -0.2) is 29.3 Å². The molecule has 0 saturated heterocycles. The van der Waals surface area contributed by atoms with Gasteiger partial charge in [-0.05, 0) is 26.4 Å². The first-order valence-corrected chi connectivity index (χ1v) is 5.29. The SMILES string of the molecule is CCCS(=O)CCCNC. The van der Waals surface area contributed by atoms with Gasteiger partial charge in [0.05, 0.1) is 0 Å². The van der Waals surface area contributed by atoms with Crippen LogP contribution in [0.3, 0.4) is 0 Å². The molecule has 0 radical (unpaired) electrons. The molecular formula is C7H17NOS. The molecular weight excluding hydrogens is 146 g/mol. The number of nitrogens with one attached hydrogen (secondary N) is 1. The Morgan fingerprint density at radius 1 is 1.40 bits per heavy atom. The molecule has 0 saturated carbocycles. The Hall–Kier alpha value is 0.110. The Balaban J connectivity index is 3.05. The molecule has 0 aliphatic carbocycles. The minimum absolute atomic E-state index is 0.562. The standard InChI is InChI=1S/C7H17NOS/c1-3-6-10(9)7-4-5-8-2/h8H,3-7H2,1-2H3. The fourth-order valence-electron chi connectivity index (χ4n) is 0.740. The highest BCUT2D eigenvalue weighted by molar-refractivity contribution is 7.84. The van der Waals surface area contributed by atoms with E-state index in [1.54, 1.807) is 0 Å². The van der Waals surface area contributed by atoms with Gasteiger partial charge in [0.15, 0.2) is 0 Å². The zero-order valence-corrected chi connectivity index (χ0v) is 7.67. The van der Waals surface area contributed by atoms with E-state index in [0.717, 1.165) is 30.9 Å². The second-order valence-corrected chi connectivity index (χ2v) is 4.00. The van der Waals surface area contributed by atoms with Gasteiger partial charge >= 0.3 is 0 Å². The summed E-state index contributed by atoms with van der Waals surface area (Å²) >= 11 is 0. The third-order valence-electron chi connectivity index (χ3n) is 1.23. The molecule has 0 aromatic heterocycles. The van der Waals surface area contributed by atoms with E-state index in [1.807, 2.05) is 7.05 Å². The van der Waals surface area contributed by atoms with E-state index in [1.165, 1.54) is 0 Å². The smallest absolute Gasteiger partial charge is 0.0246 e. The summed E-state index contributed by atoms with van der Waals surface area (Å²) in [4.78, 5) is 0. The van der Waals surface area contributed by atoms with Crippen LogP contribution in [0.5, 0.6) is 0 Å². The maximum absolute atomic E-state index is 11.0. The quantitative estimate of drug-likeness (QED) is 0.586. The van der Waals surface area contributed by atoms with E-state index in [2.05, 4.69) is 12.2 Å². The first-order valence-electron chi connectivity index (χ1n) is 3.80. The van der Waals surface area contributed by atoms with Crippen molar-refractivity contribution in [3.8, 4) is 0 Å². The van der Waals surface area contributed by atoms with Crippen LogP contribution in [0.4, 0.5) is 0 Å². The average molecular weight is 163 g/mol. The number of hydrogen-bond donors (Lipinski definition) is 1. The van der Waals surface area contributed by atoms with E-state index >= 15 is 0 Å². The average Bonchev–Trinajstić information content (AvgIpc) is 1.89. The normalized spacial score (nSPS) is 13.4. The van der Waals surface area contributed by atoms with Gasteiger partial charge in [0, 0.05) is 22.3 Å². The third kappa shape index (κ3) is 6.23. The molecule has 0 aromatic rings. The van der Waals surface area contributed by atoms with Crippen LogP contribution in [0.1, 0.15) is 19.8 Å². The topological polar surface area (TPSA) is 29.1 Å². The molecule has 1 unspecified atom stereocenters. The van der Waals surface area contributed by atoms with Gasteiger partial charge in [0.2, 0.25) is 0 Å². The van der Waals surface area contributed by atoms with Crippen molar-refractivity contribution in [3.05, 3.63) is 0 Å². The Kier molecular flexibility index (Phi) is 7.30. The molecule has 0 rings (SSSR count). The number of hydrogen-bond acceptors (Lipinski definition) is 2.